The first-order chi connectivity index (χ1) is 9.54. The smallest absolute Gasteiger partial charge is 0.229 e. The van der Waals surface area contributed by atoms with Crippen LogP contribution in [0.25, 0.3) is 0 Å². The van der Waals surface area contributed by atoms with E-state index in [0.29, 0.717) is 6.54 Å². The van der Waals surface area contributed by atoms with Crippen molar-refractivity contribution in [2.24, 2.45) is 11.1 Å². The largest absolute Gasteiger partial charge is 0.352 e. The summed E-state index contributed by atoms with van der Waals surface area (Å²) in [6, 6.07) is 10.1. The highest BCUT2D eigenvalue weighted by molar-refractivity contribution is 5.84. The molecule has 0 saturated heterocycles. The van der Waals surface area contributed by atoms with E-state index >= 15 is 0 Å². The normalized spacial score (nSPS) is 23.1. The molecule has 1 fully saturated rings. The van der Waals surface area contributed by atoms with Gasteiger partial charge in [0, 0.05) is 12.6 Å². The molecule has 3 N–H and O–H groups in total. The van der Waals surface area contributed by atoms with Crippen molar-refractivity contribution < 1.29 is 4.79 Å². The minimum atomic E-state index is -0.242. The van der Waals surface area contributed by atoms with Crippen molar-refractivity contribution in [3.63, 3.8) is 0 Å². The van der Waals surface area contributed by atoms with Crippen LogP contribution >= 0.6 is 0 Å². The lowest BCUT2D eigenvalue weighted by Crippen LogP contribution is -2.49. The highest BCUT2D eigenvalue weighted by atomic mass is 16.2. The van der Waals surface area contributed by atoms with Crippen LogP contribution in [0.1, 0.15) is 51.0 Å². The molecule has 0 heterocycles. The maximum absolute atomic E-state index is 12.5. The first-order valence-electron chi connectivity index (χ1n) is 7.60. The van der Waals surface area contributed by atoms with Gasteiger partial charge in [-0.05, 0) is 23.8 Å². The maximum Gasteiger partial charge on any atom is 0.229 e. The highest BCUT2D eigenvalue weighted by Gasteiger charge is 2.34. The number of rotatable bonds is 4. The average molecular weight is 274 g/mol. The first kappa shape index (κ1) is 15.0. The van der Waals surface area contributed by atoms with E-state index in [1.165, 1.54) is 19.3 Å². The number of nitrogens with one attached hydrogen (secondary N) is 1. The van der Waals surface area contributed by atoms with Crippen molar-refractivity contribution in [3.05, 3.63) is 35.9 Å². The van der Waals surface area contributed by atoms with Gasteiger partial charge in [-0.15, -0.1) is 0 Å². The van der Waals surface area contributed by atoms with Crippen molar-refractivity contribution in [2.45, 2.75) is 51.5 Å². The summed E-state index contributed by atoms with van der Waals surface area (Å²) in [5.74, 6) is -0.174. The second-order valence-electron chi connectivity index (χ2n) is 6.49. The molecule has 0 bridgehead atoms. The van der Waals surface area contributed by atoms with Crippen LogP contribution in [-0.2, 0) is 4.79 Å². The van der Waals surface area contributed by atoms with Gasteiger partial charge in [0.2, 0.25) is 5.91 Å². The predicted octanol–water partition coefficient (Wildman–Crippen LogP) is 2.81. The Morgan fingerprint density at radius 1 is 1.35 bits per heavy atom. The Balaban J connectivity index is 2.06. The van der Waals surface area contributed by atoms with Crippen molar-refractivity contribution in [1.29, 1.82) is 0 Å². The van der Waals surface area contributed by atoms with E-state index < -0.39 is 0 Å². The van der Waals surface area contributed by atoms with Gasteiger partial charge in [-0.2, -0.15) is 0 Å². The molecule has 3 heteroatoms. The molecule has 1 aromatic rings. The molecule has 2 unspecified atom stereocenters. The quantitative estimate of drug-likeness (QED) is 0.887. The summed E-state index contributed by atoms with van der Waals surface area (Å²) in [5, 5.41) is 3.24. The zero-order valence-corrected chi connectivity index (χ0v) is 12.6. The molecule has 0 spiro atoms. The minimum absolute atomic E-state index is 0.0682. The van der Waals surface area contributed by atoms with Gasteiger partial charge in [0.1, 0.15) is 0 Å². The standard InChI is InChI=1S/C17H26N2O/c1-17(2)11-7-6-10-15(17)19-16(20)14(12-18)13-8-4-3-5-9-13/h3-5,8-9,14-15H,6-7,10-12,18H2,1-2H3,(H,19,20). The molecule has 1 aromatic carbocycles. The molecule has 3 nitrogen and oxygen atoms in total. The van der Waals surface area contributed by atoms with E-state index in [0.717, 1.165) is 12.0 Å². The Bertz CT molecular complexity index is 442. The monoisotopic (exact) mass is 274 g/mol. The van der Waals surface area contributed by atoms with E-state index in [-0.39, 0.29) is 23.3 Å². The Morgan fingerprint density at radius 2 is 2.05 bits per heavy atom. The summed E-state index contributed by atoms with van der Waals surface area (Å²) in [7, 11) is 0. The summed E-state index contributed by atoms with van der Waals surface area (Å²) in [5.41, 5.74) is 7.00. The van der Waals surface area contributed by atoms with Gasteiger partial charge in [-0.1, -0.05) is 57.0 Å². The SMILES string of the molecule is CC1(C)CCCCC1NC(=O)C(CN)c1ccccc1. The Hall–Kier alpha value is -1.35. The maximum atomic E-state index is 12.5. The molecule has 0 aliphatic heterocycles. The summed E-state index contributed by atoms with van der Waals surface area (Å²) in [6.45, 7) is 4.84. The minimum Gasteiger partial charge on any atom is -0.352 e. The van der Waals surface area contributed by atoms with E-state index in [9.17, 15) is 4.79 Å². The van der Waals surface area contributed by atoms with E-state index in [2.05, 4.69) is 19.2 Å². The molecular weight excluding hydrogens is 248 g/mol. The van der Waals surface area contributed by atoms with Crippen LogP contribution in [0, 0.1) is 5.41 Å². The second-order valence-corrected chi connectivity index (χ2v) is 6.49. The fourth-order valence-corrected chi connectivity index (χ4v) is 3.11. The molecule has 1 saturated carbocycles. The van der Waals surface area contributed by atoms with Gasteiger partial charge in [0.25, 0.3) is 0 Å². The van der Waals surface area contributed by atoms with Crippen molar-refractivity contribution in [3.8, 4) is 0 Å². The number of hydrogen-bond acceptors (Lipinski definition) is 2. The number of carbonyl (C=O) groups is 1. The predicted molar refractivity (Wildman–Crippen MR) is 82.4 cm³/mol. The summed E-state index contributed by atoms with van der Waals surface area (Å²) in [6.07, 6.45) is 4.72. The third-order valence-corrected chi connectivity index (χ3v) is 4.58. The summed E-state index contributed by atoms with van der Waals surface area (Å²) < 4.78 is 0. The zero-order valence-electron chi connectivity index (χ0n) is 12.6. The highest BCUT2D eigenvalue weighted by Crippen LogP contribution is 2.35. The second kappa shape index (κ2) is 6.40. The number of amides is 1. The third kappa shape index (κ3) is 3.40. The van der Waals surface area contributed by atoms with Gasteiger partial charge >= 0.3 is 0 Å². The van der Waals surface area contributed by atoms with Crippen LogP contribution in [-0.4, -0.2) is 18.5 Å². The van der Waals surface area contributed by atoms with Gasteiger partial charge in [0.05, 0.1) is 5.92 Å². The van der Waals surface area contributed by atoms with Gasteiger partial charge in [-0.25, -0.2) is 0 Å². The molecule has 2 atom stereocenters. The van der Waals surface area contributed by atoms with Crippen molar-refractivity contribution in [2.75, 3.05) is 6.54 Å². The van der Waals surface area contributed by atoms with E-state index in [4.69, 9.17) is 5.73 Å². The Morgan fingerprint density at radius 3 is 2.65 bits per heavy atom. The Kier molecular flexibility index (Phi) is 4.81. The summed E-state index contributed by atoms with van der Waals surface area (Å²) >= 11 is 0. The van der Waals surface area contributed by atoms with Crippen LogP contribution in [0.2, 0.25) is 0 Å². The molecule has 1 aliphatic rings. The van der Waals surface area contributed by atoms with E-state index in [1.54, 1.807) is 0 Å². The molecule has 110 valence electrons. The fourth-order valence-electron chi connectivity index (χ4n) is 3.11. The van der Waals surface area contributed by atoms with Gasteiger partial charge in [-0.3, -0.25) is 4.79 Å². The lowest BCUT2D eigenvalue weighted by molar-refractivity contribution is -0.124. The number of nitrogens with two attached hydrogens (primary N) is 1. The zero-order chi connectivity index (χ0) is 14.6. The van der Waals surface area contributed by atoms with E-state index in [1.807, 2.05) is 30.3 Å². The lowest BCUT2D eigenvalue weighted by atomic mass is 9.73. The summed E-state index contributed by atoms with van der Waals surface area (Å²) in [4.78, 5) is 12.5. The average Bonchev–Trinajstić information content (AvgIpc) is 2.43. The molecule has 0 radical (unpaired) electrons. The van der Waals surface area contributed by atoms with Crippen molar-refractivity contribution in [1.82, 2.24) is 5.32 Å². The molecule has 0 aromatic heterocycles. The van der Waals surface area contributed by atoms with Crippen LogP contribution in [0.5, 0.6) is 0 Å². The van der Waals surface area contributed by atoms with Gasteiger partial charge < -0.3 is 11.1 Å². The van der Waals surface area contributed by atoms with Crippen molar-refractivity contribution >= 4 is 5.91 Å². The molecule has 1 amide bonds. The Labute approximate surface area is 121 Å². The van der Waals surface area contributed by atoms with Crippen LogP contribution in [0.15, 0.2) is 30.3 Å². The number of carbonyl (C=O) groups excluding carboxylic acids is 1. The molecule has 20 heavy (non-hydrogen) atoms. The molecule has 1 aliphatic carbocycles. The van der Waals surface area contributed by atoms with Crippen LogP contribution in [0.3, 0.4) is 0 Å². The van der Waals surface area contributed by atoms with Crippen LogP contribution in [0.4, 0.5) is 0 Å². The topological polar surface area (TPSA) is 55.1 Å². The first-order valence-corrected chi connectivity index (χ1v) is 7.60. The molecule has 2 rings (SSSR count). The van der Waals surface area contributed by atoms with Crippen LogP contribution < -0.4 is 11.1 Å². The number of benzene rings is 1. The number of hydrogen-bond donors (Lipinski definition) is 2. The van der Waals surface area contributed by atoms with Gasteiger partial charge in [0.15, 0.2) is 0 Å². The fraction of sp³-hybridized carbons (Fsp3) is 0.588. The lowest BCUT2D eigenvalue weighted by Gasteiger charge is -2.39. The third-order valence-electron chi connectivity index (χ3n) is 4.58. The molecular formula is C17H26N2O.